The quantitative estimate of drug-likeness (QED) is 0.213. The van der Waals surface area contributed by atoms with Crippen molar-refractivity contribution in [2.45, 2.75) is 26.8 Å². The van der Waals surface area contributed by atoms with Gasteiger partial charge < -0.3 is 33.9 Å². The second-order valence-electron chi connectivity index (χ2n) is 9.37. The molecule has 2 aliphatic rings. The number of hydrogen-bond acceptors (Lipinski definition) is 9. The molecule has 1 amide bonds. The van der Waals surface area contributed by atoms with Crippen LogP contribution in [0.1, 0.15) is 45.8 Å². The average Bonchev–Trinajstić information content (AvgIpc) is 3.38. The van der Waals surface area contributed by atoms with Crippen molar-refractivity contribution in [1.29, 1.82) is 0 Å². The predicted octanol–water partition coefficient (Wildman–Crippen LogP) is 2.58. The highest BCUT2D eigenvalue weighted by molar-refractivity contribution is 6.46. The summed E-state index contributed by atoms with van der Waals surface area (Å²) < 4.78 is 21.7. The largest absolute Gasteiger partial charge is 0.507 e. The number of nitrogens with zero attached hydrogens (tertiary/aromatic N) is 2. The maximum absolute atomic E-state index is 13.6. The molecular weight excluding hydrogens is 506 g/mol. The number of hydrogen-bond donors (Lipinski definition) is 2. The first-order valence-electron chi connectivity index (χ1n) is 12.9. The van der Waals surface area contributed by atoms with Crippen LogP contribution in [-0.2, 0) is 19.1 Å². The smallest absolute Gasteiger partial charge is 0.355 e. The molecule has 0 radical (unpaired) electrons. The standard InChI is InChI=1S/C28H35N3O8/c1-6-39-28(35)22-16(2)20(17(3)29-22)24(32)21-23(18-8-7-9-19(36-4)26(18)37-5)31(27(34)25(21)33)11-10-30-12-14-38-15-13-30/h7-9,23,29,32H,6,10-15H2,1-5H3/t23-/m0/s1. The molecule has 3 heterocycles. The zero-order valence-corrected chi connectivity index (χ0v) is 23.0. The van der Waals surface area contributed by atoms with Gasteiger partial charge in [0.25, 0.3) is 11.7 Å². The van der Waals surface area contributed by atoms with Crippen LogP contribution in [0.25, 0.3) is 5.76 Å². The summed E-state index contributed by atoms with van der Waals surface area (Å²) in [7, 11) is 2.98. The summed E-state index contributed by atoms with van der Waals surface area (Å²) in [4.78, 5) is 46.1. The van der Waals surface area contributed by atoms with Gasteiger partial charge in [-0.25, -0.2) is 4.79 Å². The number of benzene rings is 1. The van der Waals surface area contributed by atoms with Gasteiger partial charge >= 0.3 is 5.97 Å². The molecule has 11 heteroatoms. The third kappa shape index (κ3) is 5.24. The highest BCUT2D eigenvalue weighted by Gasteiger charge is 2.48. The molecular formula is C28H35N3O8. The molecule has 2 aromatic rings. The number of para-hydroxylation sites is 1. The maximum Gasteiger partial charge on any atom is 0.355 e. The predicted molar refractivity (Wildman–Crippen MR) is 142 cm³/mol. The first kappa shape index (κ1) is 28.2. The number of methoxy groups -OCH3 is 2. The van der Waals surface area contributed by atoms with Crippen molar-refractivity contribution >= 4 is 23.4 Å². The molecule has 0 unspecified atom stereocenters. The van der Waals surface area contributed by atoms with Gasteiger partial charge in [-0.05, 0) is 32.4 Å². The number of aryl methyl sites for hydroxylation is 1. The molecule has 1 atom stereocenters. The zero-order chi connectivity index (χ0) is 28.3. The Hall–Kier alpha value is -3.83. The van der Waals surface area contributed by atoms with E-state index in [4.69, 9.17) is 18.9 Å². The number of aliphatic hydroxyl groups excluding tert-OH is 1. The molecule has 39 heavy (non-hydrogen) atoms. The van der Waals surface area contributed by atoms with E-state index in [1.165, 1.54) is 19.1 Å². The van der Waals surface area contributed by atoms with E-state index in [1.807, 2.05) is 0 Å². The molecule has 1 aromatic heterocycles. The summed E-state index contributed by atoms with van der Waals surface area (Å²) in [5.74, 6) is -1.72. The first-order valence-corrected chi connectivity index (χ1v) is 12.9. The third-order valence-electron chi connectivity index (χ3n) is 7.18. The molecule has 2 N–H and O–H groups in total. The van der Waals surface area contributed by atoms with Gasteiger partial charge in [-0.15, -0.1) is 0 Å². The number of carbonyl (C=O) groups excluding carboxylic acids is 3. The molecule has 210 valence electrons. The Morgan fingerprint density at radius 2 is 1.85 bits per heavy atom. The van der Waals surface area contributed by atoms with Crippen LogP contribution in [0.4, 0.5) is 0 Å². The van der Waals surface area contributed by atoms with E-state index in [1.54, 1.807) is 39.0 Å². The third-order valence-corrected chi connectivity index (χ3v) is 7.18. The number of aliphatic hydroxyl groups is 1. The lowest BCUT2D eigenvalue weighted by Gasteiger charge is -2.31. The van der Waals surface area contributed by atoms with E-state index < -0.39 is 23.7 Å². The minimum absolute atomic E-state index is 0.0888. The Balaban J connectivity index is 1.87. The number of aromatic amines is 1. The number of ketones is 1. The number of rotatable bonds is 9. The van der Waals surface area contributed by atoms with Crippen LogP contribution in [0.15, 0.2) is 23.8 Å². The number of Topliss-reactive ketones (excluding diaryl/α,β-unsaturated/α-hetero) is 1. The molecule has 0 spiro atoms. The second kappa shape index (κ2) is 11.9. The van der Waals surface area contributed by atoms with Crippen LogP contribution >= 0.6 is 0 Å². The fourth-order valence-corrected chi connectivity index (χ4v) is 5.28. The molecule has 0 saturated carbocycles. The van der Waals surface area contributed by atoms with Crippen LogP contribution in [0.3, 0.4) is 0 Å². The summed E-state index contributed by atoms with van der Waals surface area (Å²) in [6, 6.07) is 4.25. The number of aromatic nitrogens is 1. The van der Waals surface area contributed by atoms with Crippen molar-refractivity contribution in [1.82, 2.24) is 14.8 Å². The Labute approximate surface area is 227 Å². The first-order chi connectivity index (χ1) is 18.7. The Morgan fingerprint density at radius 3 is 2.49 bits per heavy atom. The van der Waals surface area contributed by atoms with Crippen LogP contribution in [0.2, 0.25) is 0 Å². The number of H-pyrrole nitrogens is 1. The van der Waals surface area contributed by atoms with Gasteiger partial charge in [0.05, 0.1) is 45.7 Å². The van der Waals surface area contributed by atoms with E-state index in [0.29, 0.717) is 48.1 Å². The molecule has 0 aliphatic carbocycles. The van der Waals surface area contributed by atoms with Gasteiger partial charge in [-0.2, -0.15) is 0 Å². The molecule has 4 rings (SSSR count). The molecule has 11 nitrogen and oxygen atoms in total. The van der Waals surface area contributed by atoms with E-state index in [2.05, 4.69) is 9.88 Å². The highest BCUT2D eigenvalue weighted by atomic mass is 16.5. The SMILES string of the molecule is CCOC(=O)c1[nH]c(C)c(C(O)=C2C(=O)C(=O)N(CCN3CCOCC3)[C@H]2c2cccc(OC)c2OC)c1C. The fourth-order valence-electron chi connectivity index (χ4n) is 5.28. The van der Waals surface area contributed by atoms with Gasteiger partial charge in [0.1, 0.15) is 11.5 Å². The summed E-state index contributed by atoms with van der Waals surface area (Å²) in [6.45, 7) is 8.61. The number of ether oxygens (including phenoxy) is 4. The van der Waals surface area contributed by atoms with Crippen LogP contribution in [0.5, 0.6) is 11.5 Å². The van der Waals surface area contributed by atoms with E-state index >= 15 is 0 Å². The number of carbonyl (C=O) groups is 3. The van der Waals surface area contributed by atoms with Crippen molar-refractivity contribution in [3.8, 4) is 11.5 Å². The molecule has 1 aromatic carbocycles. The number of likely N-dealkylation sites (tertiary alicyclic amines) is 1. The summed E-state index contributed by atoms with van der Waals surface area (Å²) in [5.41, 5.74) is 1.73. The Kier molecular flexibility index (Phi) is 8.61. The molecule has 0 bridgehead atoms. The van der Waals surface area contributed by atoms with E-state index in [-0.39, 0.29) is 35.7 Å². The maximum atomic E-state index is 13.6. The monoisotopic (exact) mass is 541 g/mol. The van der Waals surface area contributed by atoms with Crippen LogP contribution in [0, 0.1) is 13.8 Å². The van der Waals surface area contributed by atoms with Crippen molar-refractivity contribution in [2.75, 3.05) is 60.2 Å². The Morgan fingerprint density at radius 1 is 1.13 bits per heavy atom. The minimum Gasteiger partial charge on any atom is -0.507 e. The lowest BCUT2D eigenvalue weighted by Crippen LogP contribution is -2.42. The van der Waals surface area contributed by atoms with Crippen molar-refractivity contribution in [3.05, 3.63) is 51.9 Å². The number of morpholine rings is 1. The topological polar surface area (TPSA) is 131 Å². The van der Waals surface area contributed by atoms with Crippen LogP contribution in [-0.4, -0.2) is 97.8 Å². The van der Waals surface area contributed by atoms with Crippen LogP contribution < -0.4 is 9.47 Å². The Bertz CT molecular complexity index is 1290. The summed E-state index contributed by atoms with van der Waals surface area (Å²) >= 11 is 0. The van der Waals surface area contributed by atoms with Crippen molar-refractivity contribution < 1.29 is 38.4 Å². The zero-order valence-electron chi connectivity index (χ0n) is 23.0. The number of esters is 1. The average molecular weight is 542 g/mol. The van der Waals surface area contributed by atoms with Gasteiger partial charge in [-0.1, -0.05) is 12.1 Å². The number of amides is 1. The molecule has 2 aliphatic heterocycles. The molecule has 2 fully saturated rings. The minimum atomic E-state index is -0.948. The van der Waals surface area contributed by atoms with Gasteiger partial charge in [-0.3, -0.25) is 14.5 Å². The second-order valence-corrected chi connectivity index (χ2v) is 9.37. The lowest BCUT2D eigenvalue weighted by molar-refractivity contribution is -0.140. The normalized spacial score (nSPS) is 19.4. The summed E-state index contributed by atoms with van der Waals surface area (Å²) in [6.07, 6.45) is 0. The summed E-state index contributed by atoms with van der Waals surface area (Å²) in [5, 5.41) is 11.7. The number of nitrogens with one attached hydrogen (secondary N) is 1. The van der Waals surface area contributed by atoms with Gasteiger partial charge in [0.15, 0.2) is 11.5 Å². The van der Waals surface area contributed by atoms with E-state index in [0.717, 1.165) is 13.1 Å². The van der Waals surface area contributed by atoms with Crippen molar-refractivity contribution in [3.63, 3.8) is 0 Å². The fraction of sp³-hybridized carbons (Fsp3) is 0.464. The van der Waals surface area contributed by atoms with E-state index in [9.17, 15) is 19.5 Å². The van der Waals surface area contributed by atoms with Crippen molar-refractivity contribution in [2.24, 2.45) is 0 Å². The lowest BCUT2D eigenvalue weighted by atomic mass is 9.93. The highest BCUT2D eigenvalue weighted by Crippen LogP contribution is 2.46. The molecule has 2 saturated heterocycles. The van der Waals surface area contributed by atoms with Gasteiger partial charge in [0, 0.05) is 43.0 Å². The van der Waals surface area contributed by atoms with Gasteiger partial charge in [0.2, 0.25) is 0 Å².